The van der Waals surface area contributed by atoms with Crippen molar-refractivity contribution in [3.05, 3.63) is 66.0 Å². The molecule has 0 spiro atoms. The second-order valence-corrected chi connectivity index (χ2v) is 10.1. The quantitative estimate of drug-likeness (QED) is 0.556. The molecule has 4 rings (SSSR count). The summed E-state index contributed by atoms with van der Waals surface area (Å²) in [5, 5.41) is 4.60. The summed E-state index contributed by atoms with van der Waals surface area (Å²) in [7, 11) is 0. The second kappa shape index (κ2) is 8.42. The summed E-state index contributed by atoms with van der Waals surface area (Å²) in [6.07, 6.45) is 1.20. The molecule has 162 valence electrons. The summed E-state index contributed by atoms with van der Waals surface area (Å²) in [6, 6.07) is 8.41. The highest BCUT2D eigenvalue weighted by Crippen LogP contribution is 2.33. The Morgan fingerprint density at radius 1 is 1.23 bits per heavy atom. The van der Waals surface area contributed by atoms with Crippen molar-refractivity contribution in [1.29, 1.82) is 0 Å². The van der Waals surface area contributed by atoms with Gasteiger partial charge in [0.2, 0.25) is 0 Å². The third-order valence-electron chi connectivity index (χ3n) is 5.18. The average Bonchev–Trinajstić information content (AvgIpc) is 3.13. The van der Waals surface area contributed by atoms with E-state index in [9.17, 15) is 8.78 Å². The number of allylic oxidation sites excluding steroid dienone is 1. The van der Waals surface area contributed by atoms with Crippen LogP contribution in [0.1, 0.15) is 32.0 Å². The third-order valence-corrected chi connectivity index (χ3v) is 6.47. The second-order valence-electron chi connectivity index (χ2n) is 8.34. The number of nitrogens with zero attached hydrogens (tertiary/aromatic N) is 5. The smallest absolute Gasteiger partial charge is 0.183 e. The first kappa shape index (κ1) is 21.5. The Kier molecular flexibility index (Phi) is 5.83. The van der Waals surface area contributed by atoms with Gasteiger partial charge in [-0.3, -0.25) is 4.68 Å². The predicted octanol–water partition coefficient (Wildman–Crippen LogP) is 5.03. The number of rotatable bonds is 5. The van der Waals surface area contributed by atoms with E-state index in [1.165, 1.54) is 12.3 Å². The van der Waals surface area contributed by atoms with Crippen molar-refractivity contribution < 1.29 is 8.78 Å². The number of anilines is 1. The summed E-state index contributed by atoms with van der Waals surface area (Å²) >= 11 is 1.87. The summed E-state index contributed by atoms with van der Waals surface area (Å²) in [4.78, 5) is 10.7. The first-order valence-electron chi connectivity index (χ1n) is 10.1. The minimum atomic E-state index is -0.447. The van der Waals surface area contributed by atoms with Gasteiger partial charge in [0, 0.05) is 29.2 Å². The molecule has 1 aromatic carbocycles. The summed E-state index contributed by atoms with van der Waals surface area (Å²) in [6.45, 7) is 11.8. The van der Waals surface area contributed by atoms with Crippen LogP contribution in [0.3, 0.4) is 0 Å². The molecule has 1 aliphatic heterocycles. The van der Waals surface area contributed by atoms with Crippen LogP contribution in [0.2, 0.25) is 0 Å². The van der Waals surface area contributed by atoms with Crippen LogP contribution in [-0.4, -0.2) is 43.3 Å². The summed E-state index contributed by atoms with van der Waals surface area (Å²) < 4.78 is 30.5. The fraction of sp³-hybridized carbons (Fsp3) is 0.348. The van der Waals surface area contributed by atoms with Crippen LogP contribution in [0.15, 0.2) is 43.1 Å². The van der Waals surface area contributed by atoms with E-state index in [4.69, 9.17) is 0 Å². The summed E-state index contributed by atoms with van der Waals surface area (Å²) in [5.41, 5.74) is 2.56. The minimum Gasteiger partial charge on any atom is -0.352 e. The monoisotopic (exact) mass is 441 g/mol. The molecule has 3 heterocycles. The normalized spacial score (nSPS) is 15.8. The van der Waals surface area contributed by atoms with Crippen molar-refractivity contribution in [3.63, 3.8) is 0 Å². The molecule has 1 fully saturated rings. The largest absolute Gasteiger partial charge is 0.352 e. The van der Waals surface area contributed by atoms with Gasteiger partial charge in [-0.1, -0.05) is 24.8 Å². The average molecular weight is 442 g/mol. The highest BCUT2D eigenvalue weighted by molar-refractivity contribution is 8.00. The topological polar surface area (TPSA) is 46.8 Å². The molecule has 0 unspecified atom stereocenters. The van der Waals surface area contributed by atoms with Gasteiger partial charge in [0.1, 0.15) is 11.5 Å². The molecule has 5 nitrogen and oxygen atoms in total. The number of hydrogen-bond donors (Lipinski definition) is 0. The van der Waals surface area contributed by atoms with Crippen molar-refractivity contribution in [1.82, 2.24) is 19.7 Å². The van der Waals surface area contributed by atoms with E-state index >= 15 is 0 Å². The van der Waals surface area contributed by atoms with Crippen LogP contribution in [-0.2, 0) is 6.54 Å². The van der Waals surface area contributed by atoms with Crippen molar-refractivity contribution in [2.24, 2.45) is 0 Å². The van der Waals surface area contributed by atoms with Crippen LogP contribution in [0.25, 0.3) is 17.1 Å². The Bertz CT molecular complexity index is 1120. The van der Waals surface area contributed by atoms with Gasteiger partial charge < -0.3 is 4.90 Å². The molecule has 0 amide bonds. The van der Waals surface area contributed by atoms with Gasteiger partial charge in [-0.25, -0.2) is 18.7 Å². The van der Waals surface area contributed by atoms with Crippen LogP contribution >= 0.6 is 11.8 Å². The lowest BCUT2D eigenvalue weighted by molar-refractivity contribution is 0.580. The molecule has 1 saturated heterocycles. The maximum absolute atomic E-state index is 14.6. The fourth-order valence-electron chi connectivity index (χ4n) is 3.68. The van der Waals surface area contributed by atoms with Gasteiger partial charge in [-0.15, -0.1) is 0 Å². The van der Waals surface area contributed by atoms with Crippen molar-refractivity contribution in [3.8, 4) is 11.5 Å². The van der Waals surface area contributed by atoms with Gasteiger partial charge in [0.25, 0.3) is 0 Å². The van der Waals surface area contributed by atoms with E-state index in [0.29, 0.717) is 29.4 Å². The number of hydrogen-bond acceptors (Lipinski definition) is 5. The zero-order chi connectivity index (χ0) is 22.2. The molecule has 0 bridgehead atoms. The van der Waals surface area contributed by atoms with Gasteiger partial charge in [0.05, 0.1) is 18.4 Å². The standard InChI is InChI=1S/C23H25F2N5S/c1-15(2)20-11-19(28-30(20)13-16-7-5-6-8-17(16)24)21-26-12-18(25)22(27-21)29-9-10-31-23(3,4)14-29/h5-8,11-12H,1,9-10,13-14H2,2-4H3. The number of aromatic nitrogens is 4. The van der Waals surface area contributed by atoms with Crippen molar-refractivity contribution >= 4 is 23.2 Å². The molecular weight excluding hydrogens is 416 g/mol. The zero-order valence-corrected chi connectivity index (χ0v) is 18.7. The zero-order valence-electron chi connectivity index (χ0n) is 17.9. The van der Waals surface area contributed by atoms with Gasteiger partial charge in [-0.05, 0) is 38.5 Å². The lowest BCUT2D eigenvalue weighted by Crippen LogP contribution is -2.44. The van der Waals surface area contributed by atoms with Crippen molar-refractivity contribution in [2.75, 3.05) is 23.7 Å². The first-order valence-corrected chi connectivity index (χ1v) is 11.1. The van der Waals surface area contributed by atoms with Crippen LogP contribution in [0.5, 0.6) is 0 Å². The molecule has 0 saturated carbocycles. The van der Waals surface area contributed by atoms with E-state index in [1.807, 2.05) is 29.7 Å². The predicted molar refractivity (Wildman–Crippen MR) is 122 cm³/mol. The van der Waals surface area contributed by atoms with E-state index in [2.05, 4.69) is 35.5 Å². The Balaban J connectivity index is 1.70. The van der Waals surface area contributed by atoms with Crippen LogP contribution < -0.4 is 4.90 Å². The SMILES string of the molecule is C=C(C)c1cc(-c2ncc(F)c(N3CCSC(C)(C)C3)n2)nn1Cc1ccccc1F. The maximum atomic E-state index is 14.6. The highest BCUT2D eigenvalue weighted by atomic mass is 32.2. The van der Waals surface area contributed by atoms with E-state index in [1.54, 1.807) is 22.9 Å². The molecule has 0 aliphatic carbocycles. The third kappa shape index (κ3) is 4.63. The van der Waals surface area contributed by atoms with E-state index in [0.717, 1.165) is 23.6 Å². The van der Waals surface area contributed by atoms with Crippen LogP contribution in [0.4, 0.5) is 14.6 Å². The van der Waals surface area contributed by atoms with E-state index in [-0.39, 0.29) is 17.1 Å². The first-order chi connectivity index (χ1) is 14.7. The van der Waals surface area contributed by atoms with Crippen molar-refractivity contribution in [2.45, 2.75) is 32.1 Å². The minimum absolute atomic E-state index is 0.0181. The molecule has 0 atom stereocenters. The molecule has 31 heavy (non-hydrogen) atoms. The Morgan fingerprint density at radius 3 is 2.71 bits per heavy atom. The Labute approximate surface area is 185 Å². The Morgan fingerprint density at radius 2 is 2.00 bits per heavy atom. The van der Waals surface area contributed by atoms with Gasteiger partial charge in [0.15, 0.2) is 17.5 Å². The lowest BCUT2D eigenvalue weighted by atomic mass is 10.2. The molecule has 0 radical (unpaired) electrons. The lowest BCUT2D eigenvalue weighted by Gasteiger charge is -2.38. The molecule has 0 N–H and O–H groups in total. The van der Waals surface area contributed by atoms with Crippen LogP contribution in [0, 0.1) is 11.6 Å². The fourth-order valence-corrected chi connectivity index (χ4v) is 4.79. The van der Waals surface area contributed by atoms with E-state index < -0.39 is 5.82 Å². The number of halogens is 2. The molecule has 3 aromatic rings. The molecular formula is C23H25F2N5S. The highest BCUT2D eigenvalue weighted by Gasteiger charge is 2.29. The van der Waals surface area contributed by atoms with Gasteiger partial charge in [-0.2, -0.15) is 16.9 Å². The molecule has 1 aliphatic rings. The summed E-state index contributed by atoms with van der Waals surface area (Å²) in [5.74, 6) is 0.791. The Hall–Kier alpha value is -2.74. The molecule has 2 aromatic heterocycles. The maximum Gasteiger partial charge on any atom is 0.183 e. The van der Waals surface area contributed by atoms with Gasteiger partial charge >= 0.3 is 0 Å². The number of benzene rings is 1. The number of thioether (sulfide) groups is 1. The molecule has 8 heteroatoms.